The van der Waals surface area contributed by atoms with E-state index in [0.717, 1.165) is 13.1 Å². The Morgan fingerprint density at radius 2 is 1.58 bits per heavy atom. The molecule has 4 nitrogen and oxygen atoms in total. The number of carbonyl (C=O) groups is 1. The van der Waals surface area contributed by atoms with Crippen molar-refractivity contribution in [2.24, 2.45) is 10.8 Å². The fraction of sp³-hybridized carbons (Fsp3) is 0.933. The highest BCUT2D eigenvalue weighted by atomic mass is 16.6. The van der Waals surface area contributed by atoms with Gasteiger partial charge in [-0.15, -0.1) is 0 Å². The molecule has 2 heterocycles. The van der Waals surface area contributed by atoms with Crippen LogP contribution in [0.3, 0.4) is 0 Å². The van der Waals surface area contributed by atoms with Gasteiger partial charge in [-0.3, -0.25) is 0 Å². The Labute approximate surface area is 115 Å². The quantitative estimate of drug-likeness (QED) is 0.732. The second-order valence-electron chi connectivity index (χ2n) is 7.94. The van der Waals surface area contributed by atoms with Crippen LogP contribution in [0.2, 0.25) is 0 Å². The Morgan fingerprint density at radius 3 is 2.00 bits per heavy atom. The van der Waals surface area contributed by atoms with E-state index in [9.17, 15) is 4.79 Å². The van der Waals surface area contributed by atoms with Crippen LogP contribution in [0, 0.1) is 10.8 Å². The summed E-state index contributed by atoms with van der Waals surface area (Å²) >= 11 is 0. The summed E-state index contributed by atoms with van der Waals surface area (Å²) in [5.41, 5.74) is 0.642. The molecule has 0 aromatic heterocycles. The molecule has 0 atom stereocenters. The first-order valence-electron chi connectivity index (χ1n) is 7.50. The van der Waals surface area contributed by atoms with Gasteiger partial charge in [-0.2, -0.15) is 0 Å². The molecule has 19 heavy (non-hydrogen) atoms. The summed E-state index contributed by atoms with van der Waals surface area (Å²) in [7, 11) is 0. The summed E-state index contributed by atoms with van der Waals surface area (Å²) in [5.74, 6) is 0. The van der Waals surface area contributed by atoms with Crippen molar-refractivity contribution >= 4 is 6.09 Å². The molecule has 3 rings (SSSR count). The largest absolute Gasteiger partial charge is 0.444 e. The lowest BCUT2D eigenvalue weighted by Crippen LogP contribution is -2.64. The Hall–Kier alpha value is -0.770. The topological polar surface area (TPSA) is 41.6 Å². The number of hydrogen-bond donors (Lipinski definition) is 1. The zero-order valence-corrected chi connectivity index (χ0v) is 12.4. The minimum atomic E-state index is -0.381. The van der Waals surface area contributed by atoms with Gasteiger partial charge in [0.1, 0.15) is 5.60 Å². The van der Waals surface area contributed by atoms with E-state index in [2.05, 4.69) is 5.32 Å². The van der Waals surface area contributed by atoms with E-state index in [0.29, 0.717) is 10.8 Å². The van der Waals surface area contributed by atoms with E-state index in [1.807, 2.05) is 25.7 Å². The molecule has 1 N–H and O–H groups in total. The number of nitrogens with zero attached hydrogens (tertiary/aromatic N) is 1. The van der Waals surface area contributed by atoms with Gasteiger partial charge < -0.3 is 15.0 Å². The lowest BCUT2D eigenvalue weighted by Gasteiger charge is -2.57. The van der Waals surface area contributed by atoms with Crippen LogP contribution >= 0.6 is 0 Å². The van der Waals surface area contributed by atoms with Gasteiger partial charge in [-0.1, -0.05) is 0 Å². The number of ether oxygens (including phenoxy) is 1. The molecule has 2 saturated heterocycles. The second kappa shape index (κ2) is 4.11. The summed E-state index contributed by atoms with van der Waals surface area (Å²) in [5, 5.41) is 3.40. The molecule has 1 amide bonds. The first-order valence-corrected chi connectivity index (χ1v) is 7.50. The third-order valence-electron chi connectivity index (χ3n) is 5.08. The van der Waals surface area contributed by atoms with Gasteiger partial charge in [0.15, 0.2) is 0 Å². The number of likely N-dealkylation sites (tertiary alicyclic amines) is 1. The summed E-state index contributed by atoms with van der Waals surface area (Å²) in [6, 6.07) is 0. The Bertz CT molecular complexity index is 364. The molecule has 1 saturated carbocycles. The summed E-state index contributed by atoms with van der Waals surface area (Å²) in [6.07, 6.45) is 5.11. The molecule has 0 aromatic rings. The van der Waals surface area contributed by atoms with E-state index in [1.54, 1.807) is 0 Å². The third kappa shape index (κ3) is 2.47. The Morgan fingerprint density at radius 1 is 1.05 bits per heavy atom. The highest BCUT2D eigenvalue weighted by Crippen LogP contribution is 2.51. The average molecular weight is 266 g/mol. The van der Waals surface area contributed by atoms with Crippen molar-refractivity contribution in [3.05, 3.63) is 0 Å². The minimum absolute atomic E-state index is 0.135. The Balaban J connectivity index is 1.48. The molecule has 108 valence electrons. The van der Waals surface area contributed by atoms with Crippen LogP contribution in [0.25, 0.3) is 0 Å². The van der Waals surface area contributed by atoms with Crippen molar-refractivity contribution in [2.45, 2.75) is 52.1 Å². The SMILES string of the molecule is CC(C)(C)OC(=O)N1CC2(CCC3(CC2)CNC3)C1. The normalized spacial score (nSPS) is 27.8. The predicted molar refractivity (Wildman–Crippen MR) is 74.0 cm³/mol. The first-order chi connectivity index (χ1) is 8.82. The lowest BCUT2D eigenvalue weighted by molar-refractivity contribution is -0.0738. The van der Waals surface area contributed by atoms with E-state index in [-0.39, 0.29) is 11.7 Å². The van der Waals surface area contributed by atoms with Crippen LogP contribution < -0.4 is 5.32 Å². The summed E-state index contributed by atoms with van der Waals surface area (Å²) in [4.78, 5) is 13.8. The van der Waals surface area contributed by atoms with Gasteiger partial charge in [0.25, 0.3) is 0 Å². The molecular weight excluding hydrogens is 240 g/mol. The van der Waals surface area contributed by atoms with E-state index >= 15 is 0 Å². The molecule has 0 radical (unpaired) electrons. The highest BCUT2D eigenvalue weighted by molar-refractivity contribution is 5.69. The number of carbonyl (C=O) groups excluding carboxylic acids is 1. The zero-order valence-electron chi connectivity index (χ0n) is 12.4. The maximum Gasteiger partial charge on any atom is 0.410 e. The van der Waals surface area contributed by atoms with Crippen LogP contribution in [-0.4, -0.2) is 42.8 Å². The molecule has 0 bridgehead atoms. The van der Waals surface area contributed by atoms with Gasteiger partial charge in [-0.05, 0) is 51.9 Å². The van der Waals surface area contributed by atoms with Crippen LogP contribution in [-0.2, 0) is 4.74 Å². The van der Waals surface area contributed by atoms with Gasteiger partial charge in [0.2, 0.25) is 0 Å². The van der Waals surface area contributed by atoms with E-state index in [1.165, 1.54) is 38.8 Å². The molecule has 0 aromatic carbocycles. The van der Waals surface area contributed by atoms with Crippen molar-refractivity contribution in [3.63, 3.8) is 0 Å². The maximum atomic E-state index is 12.0. The van der Waals surface area contributed by atoms with Crippen molar-refractivity contribution in [1.29, 1.82) is 0 Å². The minimum Gasteiger partial charge on any atom is -0.444 e. The van der Waals surface area contributed by atoms with Crippen LogP contribution in [0.15, 0.2) is 0 Å². The van der Waals surface area contributed by atoms with Gasteiger partial charge in [0.05, 0.1) is 0 Å². The smallest absolute Gasteiger partial charge is 0.410 e. The summed E-state index contributed by atoms with van der Waals surface area (Å²) < 4.78 is 5.43. The van der Waals surface area contributed by atoms with Crippen molar-refractivity contribution in [3.8, 4) is 0 Å². The number of hydrogen-bond acceptors (Lipinski definition) is 3. The monoisotopic (exact) mass is 266 g/mol. The third-order valence-corrected chi connectivity index (χ3v) is 5.08. The van der Waals surface area contributed by atoms with Gasteiger partial charge in [-0.25, -0.2) is 4.79 Å². The fourth-order valence-electron chi connectivity index (χ4n) is 3.68. The number of amides is 1. The van der Waals surface area contributed by atoms with E-state index in [4.69, 9.17) is 4.74 Å². The second-order valence-corrected chi connectivity index (χ2v) is 7.94. The van der Waals surface area contributed by atoms with Crippen molar-refractivity contribution in [2.75, 3.05) is 26.2 Å². The molecular formula is C15H26N2O2. The molecule has 0 unspecified atom stereocenters. The van der Waals surface area contributed by atoms with Crippen molar-refractivity contribution < 1.29 is 9.53 Å². The lowest BCUT2D eigenvalue weighted by atomic mass is 9.58. The molecule has 4 heteroatoms. The van der Waals surface area contributed by atoms with E-state index < -0.39 is 0 Å². The van der Waals surface area contributed by atoms with Crippen LogP contribution in [0.4, 0.5) is 4.79 Å². The van der Waals surface area contributed by atoms with Crippen LogP contribution in [0.1, 0.15) is 46.5 Å². The average Bonchev–Trinajstić information content (AvgIpc) is 2.21. The molecule has 2 aliphatic heterocycles. The molecule has 3 aliphatic rings. The van der Waals surface area contributed by atoms with Gasteiger partial charge >= 0.3 is 6.09 Å². The maximum absolute atomic E-state index is 12.0. The number of nitrogens with one attached hydrogen (secondary N) is 1. The molecule has 1 aliphatic carbocycles. The van der Waals surface area contributed by atoms with Crippen LogP contribution in [0.5, 0.6) is 0 Å². The standard InChI is InChI=1S/C15H26N2O2/c1-13(2,3)19-12(18)17-10-15(11-17)6-4-14(5-7-15)8-16-9-14/h16H,4-11H2,1-3H3. The highest BCUT2D eigenvalue weighted by Gasteiger charge is 2.52. The molecule has 3 fully saturated rings. The predicted octanol–water partition coefficient (Wildman–Crippen LogP) is 2.39. The number of rotatable bonds is 0. The van der Waals surface area contributed by atoms with Crippen molar-refractivity contribution in [1.82, 2.24) is 10.2 Å². The zero-order chi connectivity index (χ0) is 13.7. The van der Waals surface area contributed by atoms with Gasteiger partial charge in [0, 0.05) is 31.6 Å². The summed E-state index contributed by atoms with van der Waals surface area (Å²) in [6.45, 7) is 10.0. The fourth-order valence-corrected chi connectivity index (χ4v) is 3.68. The first kappa shape index (κ1) is 13.2. The Kier molecular flexibility index (Phi) is 2.86. The molecule has 2 spiro atoms.